The van der Waals surface area contributed by atoms with E-state index in [-0.39, 0.29) is 0 Å². The van der Waals surface area contributed by atoms with Crippen LogP contribution in [0.1, 0.15) is 5.56 Å². The average Bonchev–Trinajstić information content (AvgIpc) is 2.90. The minimum absolute atomic E-state index is 0.530. The number of hydrogen-bond acceptors (Lipinski definition) is 5. The molecule has 0 amide bonds. The highest BCUT2D eigenvalue weighted by atomic mass is 35.5. The van der Waals surface area contributed by atoms with Gasteiger partial charge in [-0.25, -0.2) is 10.1 Å². The molecule has 0 aliphatic carbocycles. The molecule has 7 heteroatoms. The summed E-state index contributed by atoms with van der Waals surface area (Å²) in [4.78, 5) is 3.97. The number of rotatable bonds is 3. The smallest absolute Gasteiger partial charge is 0.218 e. The van der Waals surface area contributed by atoms with Crippen LogP contribution in [-0.4, -0.2) is 28.4 Å². The van der Waals surface area contributed by atoms with Crippen LogP contribution in [0, 0.1) is 0 Å². The maximum absolute atomic E-state index is 6.14. The maximum Gasteiger partial charge on any atom is 0.218 e. The van der Waals surface area contributed by atoms with Crippen molar-refractivity contribution in [3.05, 3.63) is 29.0 Å². The van der Waals surface area contributed by atoms with E-state index >= 15 is 0 Å². The fraction of sp³-hybridized carbons (Fsp3) is 0.273. The molecule has 0 saturated heterocycles. The Hall–Kier alpha value is -1.95. The van der Waals surface area contributed by atoms with Gasteiger partial charge < -0.3 is 14.8 Å². The van der Waals surface area contributed by atoms with Gasteiger partial charge in [0.1, 0.15) is 19.5 Å². The highest BCUT2D eigenvalue weighted by Gasteiger charge is 2.16. The van der Waals surface area contributed by atoms with Gasteiger partial charge in [0.05, 0.1) is 5.02 Å². The minimum Gasteiger partial charge on any atom is -0.486 e. The van der Waals surface area contributed by atoms with Crippen molar-refractivity contribution in [2.24, 2.45) is 0 Å². The molecule has 1 aromatic carbocycles. The molecule has 6 nitrogen and oxygen atoms in total. The van der Waals surface area contributed by atoms with E-state index < -0.39 is 0 Å². The van der Waals surface area contributed by atoms with E-state index in [9.17, 15) is 0 Å². The predicted octanol–water partition coefficient (Wildman–Crippen LogP) is 1.84. The number of ether oxygens (including phenoxy) is 2. The van der Waals surface area contributed by atoms with Crippen molar-refractivity contribution < 1.29 is 9.47 Å². The molecule has 2 N–H and O–H groups in total. The van der Waals surface area contributed by atoms with Crippen molar-refractivity contribution in [3.63, 3.8) is 0 Å². The van der Waals surface area contributed by atoms with E-state index in [2.05, 4.69) is 20.5 Å². The molecule has 0 spiro atoms. The Balaban J connectivity index is 1.78. The van der Waals surface area contributed by atoms with Gasteiger partial charge in [-0.15, -0.1) is 0 Å². The molecular formula is C11H11ClN4O2. The summed E-state index contributed by atoms with van der Waals surface area (Å²) in [5.74, 6) is 1.91. The molecule has 0 atom stereocenters. The number of halogens is 1. The normalized spacial score (nSPS) is 13.4. The molecule has 2 aromatic rings. The number of aromatic amines is 1. The third-order valence-electron chi connectivity index (χ3n) is 2.53. The van der Waals surface area contributed by atoms with Gasteiger partial charge in [-0.1, -0.05) is 11.6 Å². The Bertz CT molecular complexity index is 544. The van der Waals surface area contributed by atoms with Crippen molar-refractivity contribution in [3.8, 4) is 11.5 Å². The Morgan fingerprint density at radius 1 is 1.33 bits per heavy atom. The quantitative estimate of drug-likeness (QED) is 0.887. The summed E-state index contributed by atoms with van der Waals surface area (Å²) in [7, 11) is 0. The zero-order chi connectivity index (χ0) is 12.4. The van der Waals surface area contributed by atoms with Crippen molar-refractivity contribution in [1.29, 1.82) is 0 Å². The standard InChI is InChI=1S/C11H11ClN4O2/c12-8-3-7(5-13-11-14-6-15-16-11)4-9-10(8)18-2-1-17-9/h3-4,6H,1-2,5H2,(H2,13,14,15,16). The summed E-state index contributed by atoms with van der Waals surface area (Å²) >= 11 is 6.14. The molecule has 0 fully saturated rings. The number of nitrogens with zero attached hydrogens (tertiary/aromatic N) is 2. The van der Waals surface area contributed by atoms with Gasteiger partial charge in [-0.2, -0.15) is 5.10 Å². The van der Waals surface area contributed by atoms with Crippen LogP contribution in [0.4, 0.5) is 5.95 Å². The largest absolute Gasteiger partial charge is 0.486 e. The molecule has 0 bridgehead atoms. The summed E-state index contributed by atoms with van der Waals surface area (Å²) in [6.07, 6.45) is 1.44. The predicted molar refractivity (Wildman–Crippen MR) is 66.2 cm³/mol. The minimum atomic E-state index is 0.530. The first-order valence-corrected chi connectivity index (χ1v) is 5.88. The number of benzene rings is 1. The zero-order valence-electron chi connectivity index (χ0n) is 9.44. The van der Waals surface area contributed by atoms with Gasteiger partial charge in [0.15, 0.2) is 11.5 Å². The van der Waals surface area contributed by atoms with E-state index in [0.29, 0.717) is 42.2 Å². The topological polar surface area (TPSA) is 72.1 Å². The third-order valence-corrected chi connectivity index (χ3v) is 2.81. The third kappa shape index (κ3) is 2.19. The second-order valence-corrected chi connectivity index (χ2v) is 4.20. The molecule has 0 saturated carbocycles. The van der Waals surface area contributed by atoms with E-state index in [1.807, 2.05) is 12.1 Å². The summed E-state index contributed by atoms with van der Waals surface area (Å²) in [6.45, 7) is 1.65. The Kier molecular flexibility index (Phi) is 2.93. The monoisotopic (exact) mass is 266 g/mol. The lowest BCUT2D eigenvalue weighted by molar-refractivity contribution is 0.171. The summed E-state index contributed by atoms with van der Waals surface area (Å²) in [6, 6.07) is 3.75. The lowest BCUT2D eigenvalue weighted by Gasteiger charge is -2.20. The van der Waals surface area contributed by atoms with E-state index in [1.165, 1.54) is 6.33 Å². The van der Waals surface area contributed by atoms with Gasteiger partial charge in [-0.05, 0) is 17.7 Å². The zero-order valence-corrected chi connectivity index (χ0v) is 10.2. The fourth-order valence-electron chi connectivity index (χ4n) is 1.74. The van der Waals surface area contributed by atoms with E-state index in [4.69, 9.17) is 21.1 Å². The van der Waals surface area contributed by atoms with Crippen LogP contribution in [0.3, 0.4) is 0 Å². The number of anilines is 1. The Morgan fingerprint density at radius 2 is 2.22 bits per heavy atom. The van der Waals surface area contributed by atoms with Gasteiger partial charge in [0.2, 0.25) is 5.95 Å². The number of aromatic nitrogens is 3. The van der Waals surface area contributed by atoms with Gasteiger partial charge in [0, 0.05) is 6.54 Å². The number of fused-ring (bicyclic) bond motifs is 1. The second kappa shape index (κ2) is 4.73. The SMILES string of the molecule is Clc1cc(CNc2ncn[nH]2)cc2c1OCCO2. The summed E-state index contributed by atoms with van der Waals surface area (Å²) in [5.41, 5.74) is 0.987. The molecular weight excluding hydrogens is 256 g/mol. The molecule has 2 heterocycles. The lowest BCUT2D eigenvalue weighted by Crippen LogP contribution is -2.16. The van der Waals surface area contributed by atoms with Crippen molar-refractivity contribution >= 4 is 17.5 Å². The fourth-order valence-corrected chi connectivity index (χ4v) is 2.03. The molecule has 1 aliphatic rings. The Morgan fingerprint density at radius 3 is 3.06 bits per heavy atom. The summed E-state index contributed by atoms with van der Waals surface area (Å²) < 4.78 is 11.0. The highest BCUT2D eigenvalue weighted by Crippen LogP contribution is 2.38. The van der Waals surface area contributed by atoms with Crippen LogP contribution in [0.2, 0.25) is 5.02 Å². The highest BCUT2D eigenvalue weighted by molar-refractivity contribution is 6.32. The summed E-state index contributed by atoms with van der Waals surface area (Å²) in [5, 5.41) is 10.1. The first-order chi connectivity index (χ1) is 8.83. The van der Waals surface area contributed by atoms with Crippen molar-refractivity contribution in [1.82, 2.24) is 15.2 Å². The average molecular weight is 267 g/mol. The molecule has 18 heavy (non-hydrogen) atoms. The van der Waals surface area contributed by atoms with E-state index in [1.54, 1.807) is 0 Å². The van der Waals surface area contributed by atoms with Crippen LogP contribution in [0.5, 0.6) is 11.5 Å². The molecule has 1 aliphatic heterocycles. The van der Waals surface area contributed by atoms with Crippen LogP contribution >= 0.6 is 11.6 Å². The van der Waals surface area contributed by atoms with Gasteiger partial charge in [0.25, 0.3) is 0 Å². The molecule has 0 radical (unpaired) electrons. The first kappa shape index (κ1) is 11.2. The van der Waals surface area contributed by atoms with Crippen LogP contribution < -0.4 is 14.8 Å². The molecule has 0 unspecified atom stereocenters. The molecule has 94 valence electrons. The molecule has 1 aromatic heterocycles. The van der Waals surface area contributed by atoms with Crippen molar-refractivity contribution in [2.75, 3.05) is 18.5 Å². The van der Waals surface area contributed by atoms with Gasteiger partial charge in [-0.3, -0.25) is 0 Å². The Labute approximate surface area is 108 Å². The number of H-pyrrole nitrogens is 1. The second-order valence-electron chi connectivity index (χ2n) is 3.79. The van der Waals surface area contributed by atoms with Gasteiger partial charge >= 0.3 is 0 Å². The first-order valence-electron chi connectivity index (χ1n) is 5.50. The van der Waals surface area contributed by atoms with Crippen LogP contribution in [0.15, 0.2) is 18.5 Å². The van der Waals surface area contributed by atoms with Crippen LogP contribution in [-0.2, 0) is 6.54 Å². The van der Waals surface area contributed by atoms with Crippen molar-refractivity contribution in [2.45, 2.75) is 6.54 Å². The molecule has 3 rings (SSSR count). The number of nitrogens with one attached hydrogen (secondary N) is 2. The number of hydrogen-bond donors (Lipinski definition) is 2. The van der Waals surface area contributed by atoms with Crippen LogP contribution in [0.25, 0.3) is 0 Å². The lowest BCUT2D eigenvalue weighted by atomic mass is 10.2. The maximum atomic E-state index is 6.14. The van der Waals surface area contributed by atoms with E-state index in [0.717, 1.165) is 5.56 Å².